The number of benzene rings is 1. The zero-order valence-corrected chi connectivity index (χ0v) is 17.7. The molecule has 3 rings (SSSR count). The molecule has 1 N–H and O–H groups in total. The first-order chi connectivity index (χ1) is 13.8. The van der Waals surface area contributed by atoms with E-state index in [9.17, 15) is 8.78 Å². The van der Waals surface area contributed by atoms with E-state index in [1.807, 2.05) is 6.92 Å². The van der Waals surface area contributed by atoms with Crippen LogP contribution in [-0.4, -0.2) is 34.0 Å². The molecule has 2 heterocycles. The minimum Gasteiger partial charge on any atom is -0.367 e. The van der Waals surface area contributed by atoms with E-state index < -0.39 is 11.6 Å². The number of nitrogens with zero attached hydrogens (tertiary/aromatic N) is 3. The van der Waals surface area contributed by atoms with E-state index in [2.05, 4.69) is 47.0 Å². The quantitative estimate of drug-likeness (QED) is 0.724. The fraction of sp³-hybridized carbons (Fsp3) is 0.478. The van der Waals surface area contributed by atoms with Crippen molar-refractivity contribution in [2.45, 2.75) is 53.1 Å². The number of aromatic nitrogens is 2. The number of hydrogen-bond donors (Lipinski definition) is 1. The molecular formula is C23H30F2N4. The van der Waals surface area contributed by atoms with Crippen LogP contribution in [-0.2, 0) is 6.54 Å². The zero-order chi connectivity index (χ0) is 21.0. The van der Waals surface area contributed by atoms with Crippen molar-refractivity contribution in [2.24, 2.45) is 5.92 Å². The molecule has 1 aromatic heterocycles. The molecule has 0 atom stereocenters. The first-order valence-electron chi connectivity index (χ1n) is 10.3. The van der Waals surface area contributed by atoms with Crippen molar-refractivity contribution in [3.05, 3.63) is 58.6 Å². The molecule has 1 aliphatic rings. The average Bonchev–Trinajstić information content (AvgIpc) is 2.65. The Bertz CT molecular complexity index is 851. The maximum atomic E-state index is 13.4. The second kappa shape index (κ2) is 9.44. The van der Waals surface area contributed by atoms with Crippen molar-refractivity contribution >= 4 is 11.9 Å². The Kier molecular flexibility index (Phi) is 6.96. The molecule has 0 spiro atoms. The van der Waals surface area contributed by atoms with Crippen LogP contribution in [0.3, 0.4) is 0 Å². The Labute approximate surface area is 172 Å². The summed E-state index contributed by atoms with van der Waals surface area (Å²) in [6.45, 7) is 10.8. The Morgan fingerprint density at radius 1 is 1.17 bits per heavy atom. The third-order valence-electron chi connectivity index (χ3n) is 5.62. The summed E-state index contributed by atoms with van der Waals surface area (Å²) in [5.74, 6) is 0.308. The predicted octanol–water partition coefficient (Wildman–Crippen LogP) is 5.20. The Morgan fingerprint density at radius 2 is 1.83 bits per heavy atom. The van der Waals surface area contributed by atoms with Gasteiger partial charge in [-0.1, -0.05) is 25.5 Å². The maximum Gasteiger partial charge on any atom is 0.137 e. The van der Waals surface area contributed by atoms with Crippen LogP contribution >= 0.6 is 0 Å². The normalized spacial score (nSPS) is 16.4. The highest BCUT2D eigenvalue weighted by atomic mass is 19.1. The number of likely N-dealkylation sites (tertiary alicyclic amines) is 1. The van der Waals surface area contributed by atoms with Gasteiger partial charge in [0.05, 0.1) is 5.69 Å². The molecule has 1 aromatic carbocycles. The summed E-state index contributed by atoms with van der Waals surface area (Å²) in [6, 6.07) is 4.05. The van der Waals surface area contributed by atoms with Gasteiger partial charge in [-0.25, -0.2) is 18.7 Å². The summed E-state index contributed by atoms with van der Waals surface area (Å²) >= 11 is 0. The minimum atomic E-state index is -0.520. The minimum absolute atomic E-state index is 0.316. The van der Waals surface area contributed by atoms with Crippen molar-refractivity contribution in [1.82, 2.24) is 14.9 Å². The molecule has 4 nitrogen and oxygen atoms in total. The SMILES string of the molecule is C/C(=C\c1c(C)ncnc1NC1CCN(Cc2cc(F)cc(F)c2)CC1)C(C)C. The van der Waals surface area contributed by atoms with Crippen LogP contribution < -0.4 is 5.32 Å². The van der Waals surface area contributed by atoms with Crippen LogP contribution in [0.25, 0.3) is 6.08 Å². The van der Waals surface area contributed by atoms with E-state index in [1.165, 1.54) is 17.7 Å². The lowest BCUT2D eigenvalue weighted by atomic mass is 10.0. The van der Waals surface area contributed by atoms with Crippen LogP contribution in [0.5, 0.6) is 0 Å². The summed E-state index contributed by atoms with van der Waals surface area (Å²) in [5.41, 5.74) is 3.99. The first-order valence-corrected chi connectivity index (χ1v) is 10.3. The van der Waals surface area contributed by atoms with Crippen LogP contribution in [0.1, 0.15) is 50.4 Å². The Morgan fingerprint density at radius 3 is 2.45 bits per heavy atom. The van der Waals surface area contributed by atoms with Crippen LogP contribution in [0.2, 0.25) is 0 Å². The number of aryl methyl sites for hydroxylation is 1. The average molecular weight is 401 g/mol. The zero-order valence-electron chi connectivity index (χ0n) is 17.7. The maximum absolute atomic E-state index is 13.4. The van der Waals surface area contributed by atoms with Gasteiger partial charge in [-0.3, -0.25) is 4.90 Å². The predicted molar refractivity (Wildman–Crippen MR) is 114 cm³/mol. The number of anilines is 1. The topological polar surface area (TPSA) is 41.1 Å². The molecular weight excluding hydrogens is 370 g/mol. The number of piperidine rings is 1. The lowest BCUT2D eigenvalue weighted by Crippen LogP contribution is -2.39. The van der Waals surface area contributed by atoms with Crippen LogP contribution in [0.15, 0.2) is 30.1 Å². The fourth-order valence-corrected chi connectivity index (χ4v) is 3.56. The molecule has 0 amide bonds. The van der Waals surface area contributed by atoms with Crippen LogP contribution in [0, 0.1) is 24.5 Å². The molecule has 29 heavy (non-hydrogen) atoms. The van der Waals surface area contributed by atoms with E-state index in [1.54, 1.807) is 6.33 Å². The molecule has 0 radical (unpaired) electrons. The highest BCUT2D eigenvalue weighted by Gasteiger charge is 2.21. The van der Waals surface area contributed by atoms with Crippen molar-refractivity contribution in [1.29, 1.82) is 0 Å². The van der Waals surface area contributed by atoms with Gasteiger partial charge in [0.25, 0.3) is 0 Å². The van der Waals surface area contributed by atoms with Gasteiger partial charge in [-0.15, -0.1) is 0 Å². The lowest BCUT2D eigenvalue weighted by Gasteiger charge is -2.33. The van der Waals surface area contributed by atoms with Gasteiger partial charge in [0.2, 0.25) is 0 Å². The second-order valence-electron chi connectivity index (χ2n) is 8.24. The third-order valence-corrected chi connectivity index (χ3v) is 5.62. The van der Waals surface area contributed by atoms with Crippen molar-refractivity contribution in [3.63, 3.8) is 0 Å². The molecule has 1 aliphatic heterocycles. The number of hydrogen-bond acceptors (Lipinski definition) is 4. The number of allylic oxidation sites excluding steroid dienone is 1. The molecule has 0 bridgehead atoms. The second-order valence-corrected chi connectivity index (χ2v) is 8.24. The van der Waals surface area contributed by atoms with Crippen molar-refractivity contribution in [2.75, 3.05) is 18.4 Å². The van der Waals surface area contributed by atoms with E-state index in [-0.39, 0.29) is 0 Å². The lowest BCUT2D eigenvalue weighted by molar-refractivity contribution is 0.210. The molecule has 6 heteroatoms. The Balaban J connectivity index is 1.62. The molecule has 0 saturated carbocycles. The van der Waals surface area contributed by atoms with E-state index in [0.717, 1.165) is 49.1 Å². The summed E-state index contributed by atoms with van der Waals surface area (Å²) in [6.07, 6.45) is 5.68. The standard InChI is InChI=1S/C23H30F2N4/c1-15(2)16(3)9-22-17(4)26-14-27-23(22)28-21-5-7-29(8-6-21)13-18-10-19(24)12-20(25)11-18/h9-12,14-15,21H,5-8,13H2,1-4H3,(H,26,27,28)/b16-9+. The molecule has 1 saturated heterocycles. The van der Waals surface area contributed by atoms with E-state index >= 15 is 0 Å². The van der Waals surface area contributed by atoms with Crippen molar-refractivity contribution < 1.29 is 8.78 Å². The van der Waals surface area contributed by atoms with Crippen molar-refractivity contribution in [3.8, 4) is 0 Å². The van der Waals surface area contributed by atoms with Gasteiger partial charge in [0.15, 0.2) is 0 Å². The number of halogens is 2. The molecule has 2 aromatic rings. The van der Waals surface area contributed by atoms with Gasteiger partial charge in [0, 0.05) is 37.3 Å². The third kappa shape index (κ3) is 5.82. The van der Waals surface area contributed by atoms with Crippen LogP contribution in [0.4, 0.5) is 14.6 Å². The molecule has 1 fully saturated rings. The number of rotatable bonds is 6. The smallest absolute Gasteiger partial charge is 0.137 e. The fourth-order valence-electron chi connectivity index (χ4n) is 3.56. The number of nitrogens with one attached hydrogen (secondary N) is 1. The van der Waals surface area contributed by atoms with Gasteiger partial charge in [-0.05, 0) is 50.3 Å². The Hall–Kier alpha value is -2.34. The summed E-state index contributed by atoms with van der Waals surface area (Å²) < 4.78 is 26.8. The summed E-state index contributed by atoms with van der Waals surface area (Å²) in [7, 11) is 0. The summed E-state index contributed by atoms with van der Waals surface area (Å²) in [5, 5.41) is 3.59. The highest BCUT2D eigenvalue weighted by Crippen LogP contribution is 2.24. The molecule has 156 valence electrons. The summed E-state index contributed by atoms with van der Waals surface area (Å²) in [4.78, 5) is 11.1. The van der Waals surface area contributed by atoms with E-state index in [4.69, 9.17) is 0 Å². The molecule has 0 aliphatic carbocycles. The monoisotopic (exact) mass is 400 g/mol. The largest absolute Gasteiger partial charge is 0.367 e. The van der Waals surface area contributed by atoms with E-state index in [0.29, 0.717) is 24.1 Å². The van der Waals surface area contributed by atoms with Gasteiger partial charge >= 0.3 is 0 Å². The molecule has 0 unspecified atom stereocenters. The van der Waals surface area contributed by atoms with Gasteiger partial charge in [-0.2, -0.15) is 0 Å². The van der Waals surface area contributed by atoms with Gasteiger partial charge < -0.3 is 5.32 Å². The van der Waals surface area contributed by atoms with Gasteiger partial charge in [0.1, 0.15) is 23.8 Å². The first kappa shape index (κ1) is 21.4. The highest BCUT2D eigenvalue weighted by molar-refractivity contribution is 5.66.